The molecule has 4 rings (SSSR count). The molecule has 0 aromatic heterocycles. The van der Waals surface area contributed by atoms with E-state index in [9.17, 15) is 14.0 Å². The van der Waals surface area contributed by atoms with E-state index in [-0.39, 0.29) is 17.6 Å². The van der Waals surface area contributed by atoms with Crippen LogP contribution in [0.1, 0.15) is 20.7 Å². The lowest BCUT2D eigenvalue weighted by atomic mass is 10.1. The molecular formula is C21H15FN2O2S. The molecule has 27 heavy (non-hydrogen) atoms. The fourth-order valence-electron chi connectivity index (χ4n) is 2.90. The molecule has 0 unspecified atom stereocenters. The average molecular weight is 378 g/mol. The highest BCUT2D eigenvalue weighted by Crippen LogP contribution is 2.41. The molecule has 0 saturated heterocycles. The van der Waals surface area contributed by atoms with Gasteiger partial charge in [-0.05, 0) is 54.6 Å². The molecule has 0 aliphatic carbocycles. The largest absolute Gasteiger partial charge is 0.322 e. The highest BCUT2D eigenvalue weighted by molar-refractivity contribution is 7.99. The Labute approximate surface area is 160 Å². The van der Waals surface area contributed by atoms with E-state index in [0.29, 0.717) is 16.8 Å². The van der Waals surface area contributed by atoms with Crippen molar-refractivity contribution >= 4 is 35.0 Å². The Hall–Kier alpha value is -3.12. The minimum Gasteiger partial charge on any atom is -0.322 e. The number of amides is 2. The molecule has 3 aromatic carbocycles. The van der Waals surface area contributed by atoms with Crippen LogP contribution in [0.25, 0.3) is 0 Å². The Bertz CT molecular complexity index is 1050. The third-order valence-electron chi connectivity index (χ3n) is 4.33. The molecule has 134 valence electrons. The molecule has 3 aromatic rings. The van der Waals surface area contributed by atoms with Gasteiger partial charge in [0.05, 0.1) is 11.3 Å². The van der Waals surface area contributed by atoms with Gasteiger partial charge in [0.25, 0.3) is 11.8 Å². The van der Waals surface area contributed by atoms with Gasteiger partial charge in [-0.25, -0.2) is 4.39 Å². The molecule has 0 fully saturated rings. The van der Waals surface area contributed by atoms with Crippen molar-refractivity contribution < 1.29 is 14.0 Å². The number of hydrogen-bond donors (Lipinski definition) is 1. The van der Waals surface area contributed by atoms with E-state index in [2.05, 4.69) is 5.32 Å². The summed E-state index contributed by atoms with van der Waals surface area (Å²) in [6.45, 7) is 0. The highest BCUT2D eigenvalue weighted by Gasteiger charge is 2.24. The predicted molar refractivity (Wildman–Crippen MR) is 104 cm³/mol. The first kappa shape index (κ1) is 17.3. The van der Waals surface area contributed by atoms with E-state index in [1.165, 1.54) is 36.0 Å². The standard InChI is InChI=1S/C21H15FN2O2S/c1-24-17-11-10-15(23-20(25)13-6-8-14(22)9-7-13)12-19(17)27-18-5-3-2-4-16(18)21(24)26/h2-12H,1H3,(H,23,25). The number of halogens is 1. The van der Waals surface area contributed by atoms with Gasteiger partial charge in [-0.1, -0.05) is 23.9 Å². The van der Waals surface area contributed by atoms with Gasteiger partial charge in [0.2, 0.25) is 0 Å². The minimum absolute atomic E-state index is 0.0695. The summed E-state index contributed by atoms with van der Waals surface area (Å²) in [6.07, 6.45) is 0. The SMILES string of the molecule is CN1C(=O)c2ccccc2Sc2cc(NC(=O)c3ccc(F)cc3)ccc21. The number of rotatable bonds is 2. The number of carbonyl (C=O) groups excluding carboxylic acids is 2. The molecule has 1 aliphatic rings. The summed E-state index contributed by atoms with van der Waals surface area (Å²) in [5, 5.41) is 2.82. The van der Waals surface area contributed by atoms with Crippen molar-refractivity contribution in [2.45, 2.75) is 9.79 Å². The Kier molecular flexibility index (Phi) is 4.41. The van der Waals surface area contributed by atoms with Crippen LogP contribution in [-0.4, -0.2) is 18.9 Å². The molecule has 0 atom stereocenters. The number of hydrogen-bond acceptors (Lipinski definition) is 3. The van der Waals surface area contributed by atoms with Crippen LogP contribution in [0.3, 0.4) is 0 Å². The van der Waals surface area contributed by atoms with Crippen molar-refractivity contribution in [2.75, 3.05) is 17.3 Å². The van der Waals surface area contributed by atoms with Crippen molar-refractivity contribution in [3.05, 3.63) is 83.7 Å². The zero-order chi connectivity index (χ0) is 19.0. The van der Waals surface area contributed by atoms with E-state index < -0.39 is 0 Å². The molecule has 0 spiro atoms. The Morgan fingerprint density at radius 3 is 2.52 bits per heavy atom. The molecule has 6 heteroatoms. The lowest BCUT2D eigenvalue weighted by Gasteiger charge is -2.18. The van der Waals surface area contributed by atoms with Crippen molar-refractivity contribution in [1.29, 1.82) is 0 Å². The van der Waals surface area contributed by atoms with Crippen LogP contribution in [0.15, 0.2) is 76.5 Å². The predicted octanol–water partition coefficient (Wildman–Crippen LogP) is 4.82. The molecule has 0 bridgehead atoms. The third-order valence-corrected chi connectivity index (χ3v) is 5.45. The second-order valence-electron chi connectivity index (χ2n) is 6.11. The van der Waals surface area contributed by atoms with Gasteiger partial charge in [-0.2, -0.15) is 0 Å². The molecule has 4 nitrogen and oxygen atoms in total. The summed E-state index contributed by atoms with van der Waals surface area (Å²) < 4.78 is 13.0. The maximum atomic E-state index is 13.0. The van der Waals surface area contributed by atoms with Crippen molar-refractivity contribution in [3.63, 3.8) is 0 Å². The lowest BCUT2D eigenvalue weighted by Crippen LogP contribution is -2.26. The quantitative estimate of drug-likeness (QED) is 0.696. The fraction of sp³-hybridized carbons (Fsp3) is 0.0476. The van der Waals surface area contributed by atoms with Crippen LogP contribution in [0.5, 0.6) is 0 Å². The normalized spacial score (nSPS) is 12.8. The molecule has 1 aliphatic heterocycles. The number of benzene rings is 3. The van der Waals surface area contributed by atoms with Crippen LogP contribution >= 0.6 is 11.8 Å². The number of carbonyl (C=O) groups is 2. The van der Waals surface area contributed by atoms with Crippen LogP contribution in [0, 0.1) is 5.82 Å². The maximum Gasteiger partial charge on any atom is 0.259 e. The fourth-order valence-corrected chi connectivity index (χ4v) is 4.04. The monoisotopic (exact) mass is 378 g/mol. The summed E-state index contributed by atoms with van der Waals surface area (Å²) in [5.74, 6) is -0.780. The summed E-state index contributed by atoms with van der Waals surface area (Å²) in [6, 6.07) is 18.2. The first-order chi connectivity index (χ1) is 13.0. The molecule has 1 heterocycles. The van der Waals surface area contributed by atoms with Gasteiger partial charge in [0.15, 0.2) is 0 Å². The molecular weight excluding hydrogens is 363 g/mol. The van der Waals surface area contributed by atoms with E-state index in [0.717, 1.165) is 15.5 Å². The van der Waals surface area contributed by atoms with E-state index in [1.807, 2.05) is 36.4 Å². The van der Waals surface area contributed by atoms with Crippen molar-refractivity contribution in [3.8, 4) is 0 Å². The highest BCUT2D eigenvalue weighted by atomic mass is 32.2. The van der Waals surface area contributed by atoms with Crippen molar-refractivity contribution in [2.24, 2.45) is 0 Å². The van der Waals surface area contributed by atoms with Gasteiger partial charge >= 0.3 is 0 Å². The number of fused-ring (bicyclic) bond motifs is 2. The van der Waals surface area contributed by atoms with E-state index in [1.54, 1.807) is 18.0 Å². The first-order valence-corrected chi connectivity index (χ1v) is 9.10. The number of nitrogens with one attached hydrogen (secondary N) is 1. The van der Waals surface area contributed by atoms with Crippen LogP contribution in [0.4, 0.5) is 15.8 Å². The molecule has 0 saturated carbocycles. The minimum atomic E-state index is -0.389. The lowest BCUT2D eigenvalue weighted by molar-refractivity contribution is 0.0988. The van der Waals surface area contributed by atoms with E-state index in [4.69, 9.17) is 0 Å². The van der Waals surface area contributed by atoms with Gasteiger partial charge < -0.3 is 10.2 Å². The summed E-state index contributed by atoms with van der Waals surface area (Å²) in [5.41, 5.74) is 2.41. The molecule has 0 radical (unpaired) electrons. The Balaban J connectivity index is 1.66. The Morgan fingerprint density at radius 2 is 1.74 bits per heavy atom. The summed E-state index contributed by atoms with van der Waals surface area (Å²) >= 11 is 1.49. The number of anilines is 2. The van der Waals surface area contributed by atoms with Gasteiger partial charge in [0, 0.05) is 28.1 Å². The van der Waals surface area contributed by atoms with Gasteiger partial charge in [-0.3, -0.25) is 9.59 Å². The van der Waals surface area contributed by atoms with Crippen LogP contribution in [-0.2, 0) is 0 Å². The van der Waals surface area contributed by atoms with Crippen LogP contribution in [0.2, 0.25) is 0 Å². The molecule has 2 amide bonds. The third kappa shape index (κ3) is 3.31. The average Bonchev–Trinajstić information content (AvgIpc) is 2.77. The zero-order valence-corrected chi connectivity index (χ0v) is 15.2. The molecule has 1 N–H and O–H groups in total. The van der Waals surface area contributed by atoms with E-state index >= 15 is 0 Å². The second kappa shape index (κ2) is 6.89. The maximum absolute atomic E-state index is 13.0. The second-order valence-corrected chi connectivity index (χ2v) is 7.19. The van der Waals surface area contributed by atoms with Gasteiger partial charge in [0.1, 0.15) is 5.82 Å². The first-order valence-electron chi connectivity index (χ1n) is 8.29. The summed E-state index contributed by atoms with van der Waals surface area (Å²) in [7, 11) is 1.74. The zero-order valence-electron chi connectivity index (χ0n) is 14.4. The Morgan fingerprint density at radius 1 is 1.00 bits per heavy atom. The summed E-state index contributed by atoms with van der Waals surface area (Å²) in [4.78, 5) is 28.4. The van der Waals surface area contributed by atoms with Crippen LogP contribution < -0.4 is 10.2 Å². The van der Waals surface area contributed by atoms with Gasteiger partial charge in [-0.15, -0.1) is 0 Å². The topological polar surface area (TPSA) is 49.4 Å². The van der Waals surface area contributed by atoms with Crippen molar-refractivity contribution in [1.82, 2.24) is 0 Å². The smallest absolute Gasteiger partial charge is 0.259 e. The number of nitrogens with zero attached hydrogens (tertiary/aromatic N) is 1.